The zero-order valence-electron chi connectivity index (χ0n) is 16.7. The largest absolute Gasteiger partial charge is 0.495 e. The van der Waals surface area contributed by atoms with Gasteiger partial charge in [-0.15, -0.1) is 11.3 Å². The lowest BCUT2D eigenvalue weighted by atomic mass is 10.1. The molecular formula is C21H22BrN3O3S2. The molecule has 0 atom stereocenters. The molecular weight excluding hydrogens is 486 g/mol. The van der Waals surface area contributed by atoms with E-state index in [-0.39, 0.29) is 4.90 Å². The summed E-state index contributed by atoms with van der Waals surface area (Å²) in [4.78, 5) is 7.13. The van der Waals surface area contributed by atoms with Crippen LogP contribution in [0.1, 0.15) is 5.56 Å². The zero-order valence-corrected chi connectivity index (χ0v) is 19.9. The smallest absolute Gasteiger partial charge is 0.246 e. The number of sulfonamides is 1. The molecule has 0 bridgehead atoms. The van der Waals surface area contributed by atoms with Crippen LogP contribution in [0.3, 0.4) is 0 Å². The summed E-state index contributed by atoms with van der Waals surface area (Å²) in [5.41, 5.74) is 3.28. The summed E-state index contributed by atoms with van der Waals surface area (Å²) < 4.78 is 33.9. The molecule has 0 amide bonds. The Morgan fingerprint density at radius 1 is 1.10 bits per heavy atom. The Hall–Kier alpha value is -1.94. The summed E-state index contributed by atoms with van der Waals surface area (Å²) in [7, 11) is -2.16. The van der Waals surface area contributed by atoms with Gasteiger partial charge in [0.2, 0.25) is 10.0 Å². The second-order valence-electron chi connectivity index (χ2n) is 7.02. The van der Waals surface area contributed by atoms with Crippen LogP contribution in [0.5, 0.6) is 5.75 Å². The van der Waals surface area contributed by atoms with Crippen molar-refractivity contribution >= 4 is 42.4 Å². The van der Waals surface area contributed by atoms with E-state index in [1.54, 1.807) is 29.5 Å². The van der Waals surface area contributed by atoms with Crippen LogP contribution in [-0.2, 0) is 10.0 Å². The fourth-order valence-electron chi connectivity index (χ4n) is 3.50. The van der Waals surface area contributed by atoms with E-state index in [1.165, 1.54) is 17.0 Å². The number of ether oxygens (including phenoxy) is 1. The number of hydrogen-bond donors (Lipinski definition) is 0. The van der Waals surface area contributed by atoms with Gasteiger partial charge in [-0.05, 0) is 30.7 Å². The number of anilines is 1. The van der Waals surface area contributed by atoms with Crippen molar-refractivity contribution < 1.29 is 13.2 Å². The Morgan fingerprint density at radius 2 is 1.83 bits per heavy atom. The van der Waals surface area contributed by atoms with Gasteiger partial charge >= 0.3 is 0 Å². The first kappa shape index (κ1) is 21.3. The molecule has 30 heavy (non-hydrogen) atoms. The zero-order chi connectivity index (χ0) is 21.3. The quantitative estimate of drug-likeness (QED) is 0.512. The lowest BCUT2D eigenvalue weighted by Crippen LogP contribution is -2.48. The molecule has 0 spiro atoms. The van der Waals surface area contributed by atoms with Gasteiger partial charge in [0.15, 0.2) is 5.13 Å². The van der Waals surface area contributed by atoms with Crippen molar-refractivity contribution in [2.45, 2.75) is 11.8 Å². The molecule has 6 nitrogen and oxygen atoms in total. The van der Waals surface area contributed by atoms with Crippen molar-refractivity contribution in [3.05, 3.63) is 57.9 Å². The molecule has 2 heterocycles. The van der Waals surface area contributed by atoms with Gasteiger partial charge in [-0.25, -0.2) is 13.4 Å². The molecule has 0 aliphatic carbocycles. The van der Waals surface area contributed by atoms with E-state index in [4.69, 9.17) is 9.72 Å². The lowest BCUT2D eigenvalue weighted by molar-refractivity contribution is 0.374. The Morgan fingerprint density at radius 3 is 2.53 bits per heavy atom. The summed E-state index contributed by atoms with van der Waals surface area (Å²) in [6.45, 7) is 4.06. The molecule has 1 saturated heterocycles. The molecule has 1 fully saturated rings. The van der Waals surface area contributed by atoms with Crippen LogP contribution in [-0.4, -0.2) is 51.0 Å². The Kier molecular flexibility index (Phi) is 6.15. The molecule has 0 saturated carbocycles. The van der Waals surface area contributed by atoms with Gasteiger partial charge in [0.25, 0.3) is 0 Å². The molecule has 9 heteroatoms. The minimum absolute atomic E-state index is 0.184. The SMILES string of the molecule is COc1ccc(Br)cc1S(=O)(=O)N1CCN(c2nc(-c3ccccc3C)cs2)CC1. The Labute approximate surface area is 189 Å². The van der Waals surface area contributed by atoms with Gasteiger partial charge in [-0.2, -0.15) is 4.31 Å². The number of halogens is 1. The van der Waals surface area contributed by atoms with Gasteiger partial charge in [0, 0.05) is 41.6 Å². The fraction of sp³-hybridized carbons (Fsp3) is 0.286. The summed E-state index contributed by atoms with van der Waals surface area (Å²) >= 11 is 4.95. The maximum absolute atomic E-state index is 13.2. The van der Waals surface area contributed by atoms with Crippen molar-refractivity contribution in [3.8, 4) is 17.0 Å². The average Bonchev–Trinajstić information content (AvgIpc) is 3.24. The topological polar surface area (TPSA) is 62.7 Å². The van der Waals surface area contributed by atoms with Crippen LogP contribution in [0, 0.1) is 6.92 Å². The minimum Gasteiger partial charge on any atom is -0.495 e. The number of benzene rings is 2. The molecule has 0 radical (unpaired) electrons. The number of aryl methyl sites for hydroxylation is 1. The number of nitrogens with zero attached hydrogens (tertiary/aromatic N) is 3. The number of methoxy groups -OCH3 is 1. The Balaban J connectivity index is 1.50. The minimum atomic E-state index is -3.64. The summed E-state index contributed by atoms with van der Waals surface area (Å²) in [5, 5.41) is 2.98. The van der Waals surface area contributed by atoms with E-state index in [0.29, 0.717) is 36.4 Å². The third-order valence-electron chi connectivity index (χ3n) is 5.17. The van der Waals surface area contributed by atoms with Crippen LogP contribution in [0.4, 0.5) is 5.13 Å². The van der Waals surface area contributed by atoms with Crippen molar-refractivity contribution in [2.75, 3.05) is 38.2 Å². The Bertz CT molecular complexity index is 1160. The predicted octanol–water partition coefficient (Wildman–Crippen LogP) is 4.40. The third-order valence-corrected chi connectivity index (χ3v) is 8.48. The summed E-state index contributed by atoms with van der Waals surface area (Å²) in [5.74, 6) is 0.350. The maximum atomic E-state index is 13.2. The summed E-state index contributed by atoms with van der Waals surface area (Å²) in [6, 6.07) is 13.2. The van der Waals surface area contributed by atoms with Crippen LogP contribution >= 0.6 is 27.3 Å². The number of thiazole rings is 1. The third kappa shape index (κ3) is 4.12. The van der Waals surface area contributed by atoms with E-state index >= 15 is 0 Å². The molecule has 0 unspecified atom stereocenters. The maximum Gasteiger partial charge on any atom is 0.246 e. The number of aromatic nitrogens is 1. The predicted molar refractivity (Wildman–Crippen MR) is 124 cm³/mol. The normalized spacial score (nSPS) is 15.4. The van der Waals surface area contributed by atoms with E-state index in [9.17, 15) is 8.42 Å². The molecule has 3 aromatic rings. The average molecular weight is 508 g/mol. The highest BCUT2D eigenvalue weighted by Crippen LogP contribution is 2.32. The van der Waals surface area contributed by atoms with Crippen molar-refractivity contribution in [1.29, 1.82) is 0 Å². The van der Waals surface area contributed by atoms with E-state index in [1.807, 2.05) is 12.1 Å². The first-order valence-electron chi connectivity index (χ1n) is 9.50. The second kappa shape index (κ2) is 8.66. The number of rotatable bonds is 5. The molecule has 1 aliphatic heterocycles. The first-order valence-corrected chi connectivity index (χ1v) is 12.6. The molecule has 1 aromatic heterocycles. The molecule has 158 valence electrons. The van der Waals surface area contributed by atoms with Crippen LogP contribution in [0.2, 0.25) is 0 Å². The number of piperazine rings is 1. The van der Waals surface area contributed by atoms with Gasteiger partial charge in [0.1, 0.15) is 10.6 Å². The van der Waals surface area contributed by atoms with Gasteiger partial charge in [-0.1, -0.05) is 40.2 Å². The summed E-state index contributed by atoms with van der Waals surface area (Å²) in [6.07, 6.45) is 0. The lowest BCUT2D eigenvalue weighted by Gasteiger charge is -2.34. The highest BCUT2D eigenvalue weighted by Gasteiger charge is 2.31. The van der Waals surface area contributed by atoms with Gasteiger partial charge in [-0.3, -0.25) is 0 Å². The molecule has 0 N–H and O–H groups in total. The van der Waals surface area contributed by atoms with Crippen molar-refractivity contribution in [1.82, 2.24) is 9.29 Å². The van der Waals surface area contributed by atoms with Gasteiger partial charge in [0.05, 0.1) is 12.8 Å². The second-order valence-corrected chi connectivity index (χ2v) is 10.7. The first-order chi connectivity index (χ1) is 14.4. The van der Waals surface area contributed by atoms with E-state index in [0.717, 1.165) is 16.4 Å². The molecule has 4 rings (SSSR count). The standard InChI is InChI=1S/C21H22BrN3O3S2/c1-15-5-3-4-6-17(15)18-14-29-21(23-18)24-9-11-25(12-10-24)30(26,27)20-13-16(22)7-8-19(20)28-2/h3-8,13-14H,9-12H2,1-2H3. The molecule has 1 aliphatic rings. The highest BCUT2D eigenvalue weighted by molar-refractivity contribution is 9.10. The fourth-order valence-corrected chi connectivity index (χ4v) is 6.50. The van der Waals surface area contributed by atoms with Gasteiger partial charge < -0.3 is 9.64 Å². The van der Waals surface area contributed by atoms with Crippen LogP contribution < -0.4 is 9.64 Å². The monoisotopic (exact) mass is 507 g/mol. The van der Waals surface area contributed by atoms with E-state index in [2.05, 4.69) is 45.3 Å². The van der Waals surface area contributed by atoms with Crippen LogP contribution in [0.25, 0.3) is 11.3 Å². The van der Waals surface area contributed by atoms with Crippen LogP contribution in [0.15, 0.2) is 57.2 Å². The highest BCUT2D eigenvalue weighted by atomic mass is 79.9. The van der Waals surface area contributed by atoms with Crippen molar-refractivity contribution in [3.63, 3.8) is 0 Å². The van der Waals surface area contributed by atoms with Crippen molar-refractivity contribution in [2.24, 2.45) is 0 Å². The molecule has 2 aromatic carbocycles. The number of hydrogen-bond acceptors (Lipinski definition) is 6. The van der Waals surface area contributed by atoms with E-state index < -0.39 is 10.0 Å².